The maximum Gasteiger partial charge on any atom is 0.243 e. The van der Waals surface area contributed by atoms with Crippen molar-refractivity contribution in [2.24, 2.45) is 0 Å². The van der Waals surface area contributed by atoms with Gasteiger partial charge in [0.2, 0.25) is 11.8 Å². The van der Waals surface area contributed by atoms with Crippen LogP contribution in [0.2, 0.25) is 0 Å². The fourth-order valence-corrected chi connectivity index (χ4v) is 1.90. The third-order valence-corrected chi connectivity index (χ3v) is 3.11. The summed E-state index contributed by atoms with van der Waals surface area (Å²) in [6.07, 6.45) is 3.02. The standard InChI is InChI=1S/C16H21N3O2/c1-3-4-5-10-19(13(2)20)12-16(21)18-15-8-6-14(11-17)7-9-15/h6-9H,3-5,10,12H2,1-2H3,(H,18,21). The molecule has 0 heterocycles. The molecule has 0 unspecified atom stereocenters. The van der Waals surface area contributed by atoms with E-state index in [1.54, 1.807) is 29.2 Å². The summed E-state index contributed by atoms with van der Waals surface area (Å²) in [5, 5.41) is 11.4. The van der Waals surface area contributed by atoms with E-state index in [4.69, 9.17) is 5.26 Å². The third-order valence-electron chi connectivity index (χ3n) is 3.11. The van der Waals surface area contributed by atoms with Crippen molar-refractivity contribution in [3.8, 4) is 6.07 Å². The summed E-state index contributed by atoms with van der Waals surface area (Å²) in [6.45, 7) is 4.22. The fourth-order valence-electron chi connectivity index (χ4n) is 1.90. The molecule has 1 aromatic carbocycles. The SMILES string of the molecule is CCCCCN(CC(=O)Nc1ccc(C#N)cc1)C(C)=O. The summed E-state index contributed by atoms with van der Waals surface area (Å²) in [5.74, 6) is -0.326. The van der Waals surface area contributed by atoms with E-state index in [-0.39, 0.29) is 18.4 Å². The van der Waals surface area contributed by atoms with Gasteiger partial charge in [0.05, 0.1) is 18.2 Å². The van der Waals surface area contributed by atoms with Gasteiger partial charge in [-0.25, -0.2) is 0 Å². The van der Waals surface area contributed by atoms with Gasteiger partial charge in [-0.2, -0.15) is 5.26 Å². The van der Waals surface area contributed by atoms with Gasteiger partial charge in [-0.3, -0.25) is 9.59 Å². The van der Waals surface area contributed by atoms with Crippen LogP contribution in [0.15, 0.2) is 24.3 Å². The predicted octanol–water partition coefficient (Wildman–Crippen LogP) is 2.54. The highest BCUT2D eigenvalue weighted by Gasteiger charge is 2.13. The highest BCUT2D eigenvalue weighted by atomic mass is 16.2. The lowest BCUT2D eigenvalue weighted by Gasteiger charge is -2.20. The van der Waals surface area contributed by atoms with Gasteiger partial charge in [0.25, 0.3) is 0 Å². The van der Waals surface area contributed by atoms with Crippen molar-refractivity contribution in [1.82, 2.24) is 4.90 Å². The number of amides is 2. The van der Waals surface area contributed by atoms with Gasteiger partial charge in [-0.05, 0) is 30.7 Å². The normalized spacial score (nSPS) is 9.76. The van der Waals surface area contributed by atoms with E-state index in [0.717, 1.165) is 19.3 Å². The van der Waals surface area contributed by atoms with Crippen molar-refractivity contribution in [3.05, 3.63) is 29.8 Å². The summed E-state index contributed by atoms with van der Waals surface area (Å²) >= 11 is 0. The monoisotopic (exact) mass is 287 g/mol. The Balaban J connectivity index is 2.52. The Kier molecular flexibility index (Phi) is 6.96. The molecule has 0 bridgehead atoms. The molecule has 1 rings (SSSR count). The molecule has 0 saturated heterocycles. The molecule has 1 N–H and O–H groups in total. The van der Waals surface area contributed by atoms with Crippen LogP contribution < -0.4 is 5.32 Å². The average Bonchev–Trinajstić information content (AvgIpc) is 2.47. The van der Waals surface area contributed by atoms with Crippen molar-refractivity contribution >= 4 is 17.5 Å². The molecule has 5 heteroatoms. The summed E-state index contributed by atoms with van der Waals surface area (Å²) in [5.41, 5.74) is 1.16. The van der Waals surface area contributed by atoms with E-state index in [1.807, 2.05) is 6.07 Å². The van der Waals surface area contributed by atoms with Gasteiger partial charge in [0, 0.05) is 19.2 Å². The molecule has 0 aromatic heterocycles. The van der Waals surface area contributed by atoms with Gasteiger partial charge < -0.3 is 10.2 Å². The van der Waals surface area contributed by atoms with Gasteiger partial charge in [-0.15, -0.1) is 0 Å². The number of nitriles is 1. The minimum Gasteiger partial charge on any atom is -0.334 e. The molecule has 0 radical (unpaired) electrons. The minimum absolute atomic E-state index is 0.0546. The van der Waals surface area contributed by atoms with E-state index >= 15 is 0 Å². The topological polar surface area (TPSA) is 73.2 Å². The number of nitrogens with one attached hydrogen (secondary N) is 1. The fraction of sp³-hybridized carbons (Fsp3) is 0.438. The van der Waals surface area contributed by atoms with Crippen molar-refractivity contribution in [1.29, 1.82) is 5.26 Å². The number of hydrogen-bond donors (Lipinski definition) is 1. The van der Waals surface area contributed by atoms with Gasteiger partial charge in [0.1, 0.15) is 0 Å². The van der Waals surface area contributed by atoms with Crippen LogP contribution in [0.3, 0.4) is 0 Å². The molecule has 0 atom stereocenters. The number of benzene rings is 1. The zero-order valence-corrected chi connectivity index (χ0v) is 12.6. The molecule has 0 aliphatic carbocycles. The first-order valence-corrected chi connectivity index (χ1v) is 7.12. The number of rotatable bonds is 7. The molecule has 0 aliphatic rings. The minimum atomic E-state index is -0.230. The number of hydrogen-bond acceptors (Lipinski definition) is 3. The molecule has 112 valence electrons. The zero-order chi connectivity index (χ0) is 15.7. The second-order valence-corrected chi connectivity index (χ2v) is 4.89. The number of carbonyl (C=O) groups is 2. The van der Waals surface area contributed by atoms with Crippen LogP contribution in [-0.4, -0.2) is 29.8 Å². The van der Waals surface area contributed by atoms with Crippen LogP contribution in [0, 0.1) is 11.3 Å². The second kappa shape index (κ2) is 8.75. The number of unbranched alkanes of at least 4 members (excludes halogenated alkanes) is 2. The number of anilines is 1. The quantitative estimate of drug-likeness (QED) is 0.783. The van der Waals surface area contributed by atoms with E-state index in [0.29, 0.717) is 17.8 Å². The van der Waals surface area contributed by atoms with Crippen LogP contribution in [-0.2, 0) is 9.59 Å². The highest BCUT2D eigenvalue weighted by molar-refractivity contribution is 5.94. The van der Waals surface area contributed by atoms with Gasteiger partial charge >= 0.3 is 0 Å². The Labute approximate surface area is 125 Å². The van der Waals surface area contributed by atoms with Crippen LogP contribution in [0.4, 0.5) is 5.69 Å². The molecule has 0 aliphatic heterocycles. The van der Waals surface area contributed by atoms with Crippen LogP contribution in [0.25, 0.3) is 0 Å². The first kappa shape index (κ1) is 16.7. The maximum absolute atomic E-state index is 11.9. The average molecular weight is 287 g/mol. The van der Waals surface area contributed by atoms with Crippen molar-refractivity contribution in [2.45, 2.75) is 33.1 Å². The van der Waals surface area contributed by atoms with E-state index in [2.05, 4.69) is 12.2 Å². The summed E-state index contributed by atoms with van der Waals surface area (Å²) in [4.78, 5) is 25.0. The Hall–Kier alpha value is -2.35. The first-order chi connectivity index (χ1) is 10.1. The Bertz CT molecular complexity index is 517. The predicted molar refractivity (Wildman–Crippen MR) is 81.6 cm³/mol. The molecule has 5 nitrogen and oxygen atoms in total. The lowest BCUT2D eigenvalue weighted by molar-refractivity contribution is -0.132. The zero-order valence-electron chi connectivity index (χ0n) is 12.6. The van der Waals surface area contributed by atoms with Gasteiger partial charge in [0.15, 0.2) is 0 Å². The molecule has 0 saturated carbocycles. The van der Waals surface area contributed by atoms with Crippen molar-refractivity contribution < 1.29 is 9.59 Å². The third kappa shape index (κ3) is 6.09. The van der Waals surface area contributed by atoms with E-state index in [1.165, 1.54) is 6.92 Å². The van der Waals surface area contributed by atoms with E-state index in [9.17, 15) is 9.59 Å². The lowest BCUT2D eigenvalue weighted by atomic mass is 10.2. The molecule has 0 fully saturated rings. The largest absolute Gasteiger partial charge is 0.334 e. The first-order valence-electron chi connectivity index (χ1n) is 7.12. The summed E-state index contributed by atoms with van der Waals surface area (Å²) in [6, 6.07) is 8.64. The molecule has 21 heavy (non-hydrogen) atoms. The smallest absolute Gasteiger partial charge is 0.243 e. The molecule has 1 aromatic rings. The molecular formula is C16H21N3O2. The lowest BCUT2D eigenvalue weighted by Crippen LogP contribution is -2.37. The highest BCUT2D eigenvalue weighted by Crippen LogP contribution is 2.09. The molecule has 2 amide bonds. The Morgan fingerprint density at radius 1 is 1.24 bits per heavy atom. The molecular weight excluding hydrogens is 266 g/mol. The second-order valence-electron chi connectivity index (χ2n) is 4.89. The number of nitrogens with zero attached hydrogens (tertiary/aromatic N) is 2. The summed E-state index contributed by atoms with van der Waals surface area (Å²) in [7, 11) is 0. The summed E-state index contributed by atoms with van der Waals surface area (Å²) < 4.78 is 0. The van der Waals surface area contributed by atoms with E-state index < -0.39 is 0 Å². The van der Waals surface area contributed by atoms with Crippen molar-refractivity contribution in [2.75, 3.05) is 18.4 Å². The van der Waals surface area contributed by atoms with Gasteiger partial charge in [-0.1, -0.05) is 19.8 Å². The molecule has 0 spiro atoms. The van der Waals surface area contributed by atoms with Crippen LogP contribution in [0.1, 0.15) is 38.7 Å². The van der Waals surface area contributed by atoms with Crippen LogP contribution in [0.5, 0.6) is 0 Å². The van der Waals surface area contributed by atoms with Crippen LogP contribution >= 0.6 is 0 Å². The maximum atomic E-state index is 11.9. The Morgan fingerprint density at radius 3 is 2.43 bits per heavy atom. The Morgan fingerprint density at radius 2 is 1.90 bits per heavy atom. The van der Waals surface area contributed by atoms with Crippen molar-refractivity contribution in [3.63, 3.8) is 0 Å². The number of carbonyl (C=O) groups excluding carboxylic acids is 2.